The first-order valence-corrected chi connectivity index (χ1v) is 14.5. The van der Waals surface area contributed by atoms with Gasteiger partial charge < -0.3 is 20.2 Å². The highest BCUT2D eigenvalue weighted by molar-refractivity contribution is 6.42. The molecule has 0 saturated carbocycles. The van der Waals surface area contributed by atoms with Crippen LogP contribution >= 0.6 is 46.4 Å². The highest BCUT2D eigenvalue weighted by Gasteiger charge is 2.38. The fourth-order valence-electron chi connectivity index (χ4n) is 5.40. The number of halogens is 4. The number of rotatable bonds is 9. The number of aliphatic hydroxyl groups is 1. The number of likely N-dealkylation sites (tertiary alicyclic amines) is 2. The van der Waals surface area contributed by atoms with Crippen LogP contribution in [0.15, 0.2) is 36.4 Å². The quantitative estimate of drug-likeness (QED) is 0.377. The molecule has 10 heteroatoms. The highest BCUT2D eigenvalue weighted by Crippen LogP contribution is 2.35. The maximum atomic E-state index is 13.9. The van der Waals surface area contributed by atoms with Crippen molar-refractivity contribution in [2.24, 2.45) is 0 Å². The Morgan fingerprint density at radius 1 is 1.03 bits per heavy atom. The van der Waals surface area contributed by atoms with E-state index < -0.39 is 11.5 Å². The Morgan fingerprint density at radius 2 is 1.68 bits per heavy atom. The molecule has 38 heavy (non-hydrogen) atoms. The predicted octanol–water partition coefficient (Wildman–Crippen LogP) is 5.88. The summed E-state index contributed by atoms with van der Waals surface area (Å²) in [5.41, 5.74) is 0.456. The third-order valence-corrected chi connectivity index (χ3v) is 9.41. The van der Waals surface area contributed by atoms with E-state index >= 15 is 0 Å². The van der Waals surface area contributed by atoms with Crippen molar-refractivity contribution in [1.82, 2.24) is 15.1 Å². The van der Waals surface area contributed by atoms with Crippen molar-refractivity contribution in [3.8, 4) is 0 Å². The smallest absolute Gasteiger partial charge is 0.230 e. The first-order valence-electron chi connectivity index (χ1n) is 13.0. The lowest BCUT2D eigenvalue weighted by atomic mass is 9.78. The van der Waals surface area contributed by atoms with Gasteiger partial charge in [0.1, 0.15) is 0 Å². The molecule has 0 aliphatic carbocycles. The van der Waals surface area contributed by atoms with E-state index in [4.69, 9.17) is 46.4 Å². The Morgan fingerprint density at radius 3 is 2.26 bits per heavy atom. The zero-order chi connectivity index (χ0) is 27.4. The first kappa shape index (κ1) is 29.4. The molecular weight excluding hydrogens is 568 g/mol. The molecular formula is C28H33Cl4N3O3. The van der Waals surface area contributed by atoms with Crippen LogP contribution in [0.5, 0.6) is 0 Å². The van der Waals surface area contributed by atoms with E-state index in [2.05, 4.69) is 10.2 Å². The molecule has 2 heterocycles. The average molecular weight is 601 g/mol. The Balaban J connectivity index is 1.49. The minimum Gasteiger partial charge on any atom is -0.394 e. The van der Waals surface area contributed by atoms with Crippen molar-refractivity contribution in [2.75, 3.05) is 32.8 Å². The molecule has 2 saturated heterocycles. The molecule has 2 aliphatic heterocycles. The number of benzene rings is 2. The number of carbonyl (C=O) groups is 2. The molecule has 206 valence electrons. The molecule has 0 aromatic heterocycles. The minimum atomic E-state index is -0.945. The Bertz CT molecular complexity index is 1170. The van der Waals surface area contributed by atoms with Crippen molar-refractivity contribution in [1.29, 1.82) is 0 Å². The molecule has 2 aliphatic rings. The van der Waals surface area contributed by atoms with Gasteiger partial charge in [-0.25, -0.2) is 0 Å². The fourth-order valence-corrected chi connectivity index (χ4v) is 6.01. The molecule has 2 fully saturated rings. The largest absolute Gasteiger partial charge is 0.394 e. The van der Waals surface area contributed by atoms with Gasteiger partial charge in [-0.3, -0.25) is 9.59 Å². The molecule has 2 atom stereocenters. The summed E-state index contributed by atoms with van der Waals surface area (Å²) in [7, 11) is 0. The number of nitrogens with zero attached hydrogens (tertiary/aromatic N) is 2. The van der Waals surface area contributed by atoms with Crippen molar-refractivity contribution < 1.29 is 14.7 Å². The first-order chi connectivity index (χ1) is 18.1. The van der Waals surface area contributed by atoms with Gasteiger partial charge in [0.2, 0.25) is 11.8 Å². The topological polar surface area (TPSA) is 72.9 Å². The summed E-state index contributed by atoms with van der Waals surface area (Å²) >= 11 is 24.8. The highest BCUT2D eigenvalue weighted by atomic mass is 35.5. The normalized spacial score (nSPS) is 19.4. The van der Waals surface area contributed by atoms with Gasteiger partial charge in [-0.05, 0) is 74.5 Å². The van der Waals surface area contributed by atoms with E-state index in [-0.39, 0.29) is 18.4 Å². The number of amides is 2. The van der Waals surface area contributed by atoms with Crippen LogP contribution in [0.2, 0.25) is 20.1 Å². The van der Waals surface area contributed by atoms with E-state index in [1.807, 2.05) is 17.9 Å². The number of hydrogen-bond donors (Lipinski definition) is 2. The van der Waals surface area contributed by atoms with Gasteiger partial charge >= 0.3 is 0 Å². The van der Waals surface area contributed by atoms with Crippen molar-refractivity contribution in [3.63, 3.8) is 0 Å². The molecule has 6 nitrogen and oxygen atoms in total. The van der Waals surface area contributed by atoms with Gasteiger partial charge in [-0.2, -0.15) is 0 Å². The second kappa shape index (κ2) is 12.8. The summed E-state index contributed by atoms with van der Waals surface area (Å²) in [5, 5.41) is 14.7. The lowest BCUT2D eigenvalue weighted by Crippen LogP contribution is -2.49. The van der Waals surface area contributed by atoms with Gasteiger partial charge in [0.15, 0.2) is 0 Å². The molecule has 0 unspecified atom stereocenters. The Kier molecular flexibility index (Phi) is 9.88. The zero-order valence-corrected chi connectivity index (χ0v) is 24.4. The van der Waals surface area contributed by atoms with E-state index in [0.29, 0.717) is 51.1 Å². The maximum absolute atomic E-state index is 13.9. The average Bonchev–Trinajstić information content (AvgIpc) is 3.34. The van der Waals surface area contributed by atoms with Crippen molar-refractivity contribution >= 4 is 58.2 Å². The molecule has 2 aromatic carbocycles. The van der Waals surface area contributed by atoms with Gasteiger partial charge in [-0.1, -0.05) is 58.5 Å². The third kappa shape index (κ3) is 6.60. The van der Waals surface area contributed by atoms with Gasteiger partial charge in [0, 0.05) is 32.1 Å². The van der Waals surface area contributed by atoms with Crippen LogP contribution in [0.25, 0.3) is 0 Å². The third-order valence-electron chi connectivity index (χ3n) is 7.93. The minimum absolute atomic E-state index is 0.237. The number of hydrogen-bond acceptors (Lipinski definition) is 4. The summed E-state index contributed by atoms with van der Waals surface area (Å²) < 4.78 is 0. The van der Waals surface area contributed by atoms with E-state index in [1.54, 1.807) is 30.3 Å². The van der Waals surface area contributed by atoms with Crippen LogP contribution < -0.4 is 5.32 Å². The van der Waals surface area contributed by atoms with E-state index in [1.165, 1.54) is 0 Å². The molecule has 0 radical (unpaired) electrons. The molecule has 2 N–H and O–H groups in total. The van der Waals surface area contributed by atoms with Crippen LogP contribution in [0, 0.1) is 0 Å². The summed E-state index contributed by atoms with van der Waals surface area (Å²) in [6, 6.07) is 9.94. The fraction of sp³-hybridized carbons (Fsp3) is 0.500. The van der Waals surface area contributed by atoms with Crippen LogP contribution in [0.3, 0.4) is 0 Å². The standard InChI is InChI=1S/C28H33Cl4N3O3/c1-28(19-5-7-22(30)24(32)16-19,27(38)33-25(17-36)18-4-6-21(29)23(31)15-18)10-14-34-12-8-20(9-13-34)35-11-2-3-26(35)37/h4-7,15-16,20,25,36H,2-3,8-14,17H2,1H3,(H,33,38)/t25-,28+/m0/s1. The lowest BCUT2D eigenvalue weighted by molar-refractivity contribution is -0.131. The number of carbonyl (C=O) groups excluding carboxylic acids is 2. The van der Waals surface area contributed by atoms with Crippen molar-refractivity contribution in [3.05, 3.63) is 67.6 Å². The van der Waals surface area contributed by atoms with Gasteiger partial charge in [-0.15, -0.1) is 0 Å². The van der Waals surface area contributed by atoms with Crippen LogP contribution in [0.1, 0.15) is 56.2 Å². The molecule has 0 bridgehead atoms. The van der Waals surface area contributed by atoms with Crippen LogP contribution in [0.4, 0.5) is 0 Å². The summed E-state index contributed by atoms with van der Waals surface area (Å²) in [5.74, 6) is 0.0336. The van der Waals surface area contributed by atoms with Crippen LogP contribution in [-0.4, -0.2) is 65.5 Å². The maximum Gasteiger partial charge on any atom is 0.230 e. The van der Waals surface area contributed by atoms with Crippen molar-refractivity contribution in [2.45, 2.75) is 56.5 Å². The number of aliphatic hydroxyl groups excluding tert-OH is 1. The summed E-state index contributed by atoms with van der Waals surface area (Å²) in [4.78, 5) is 30.4. The molecule has 2 amide bonds. The second-order valence-electron chi connectivity index (χ2n) is 10.4. The summed E-state index contributed by atoms with van der Waals surface area (Å²) in [6.07, 6.45) is 4.02. The Hall–Kier alpha value is -1.54. The predicted molar refractivity (Wildman–Crippen MR) is 153 cm³/mol. The summed E-state index contributed by atoms with van der Waals surface area (Å²) in [6.45, 7) is 4.89. The Labute approximate surface area is 244 Å². The van der Waals surface area contributed by atoms with E-state index in [9.17, 15) is 14.7 Å². The van der Waals surface area contributed by atoms with E-state index in [0.717, 1.165) is 44.5 Å². The van der Waals surface area contributed by atoms with Gasteiger partial charge in [0.25, 0.3) is 0 Å². The zero-order valence-electron chi connectivity index (χ0n) is 21.4. The molecule has 0 spiro atoms. The van der Waals surface area contributed by atoms with Gasteiger partial charge in [0.05, 0.1) is 38.2 Å². The SMILES string of the molecule is C[C@](CCN1CCC(N2CCCC2=O)CC1)(C(=O)N[C@@H](CO)c1ccc(Cl)c(Cl)c1)c1ccc(Cl)c(Cl)c1. The molecule has 2 aromatic rings. The number of piperidine rings is 1. The number of nitrogens with one attached hydrogen (secondary N) is 1. The monoisotopic (exact) mass is 599 g/mol. The lowest BCUT2D eigenvalue weighted by Gasteiger charge is -2.38. The van der Waals surface area contributed by atoms with Crippen LogP contribution in [-0.2, 0) is 15.0 Å². The molecule has 4 rings (SSSR count). The second-order valence-corrected chi connectivity index (χ2v) is 12.0.